The summed E-state index contributed by atoms with van der Waals surface area (Å²) in [4.78, 5) is 25.7. The Morgan fingerprint density at radius 3 is 2.65 bits per heavy atom. The molecule has 0 aliphatic carbocycles. The van der Waals surface area contributed by atoms with Crippen molar-refractivity contribution in [3.05, 3.63) is 11.1 Å². The SMILES string of the molecule is COCCCN1CCC2(CC1)OC(=O)C(C)=C2C(N)=O. The second-order valence-electron chi connectivity index (χ2n) is 5.44. The molecule has 112 valence electrons. The fraction of sp³-hybridized carbons (Fsp3) is 0.714. The van der Waals surface area contributed by atoms with Crippen molar-refractivity contribution in [2.24, 2.45) is 5.73 Å². The molecule has 0 unspecified atom stereocenters. The third kappa shape index (κ3) is 2.71. The lowest BCUT2D eigenvalue weighted by molar-refractivity contribution is -0.150. The average molecular weight is 282 g/mol. The number of likely N-dealkylation sites (tertiary alicyclic amines) is 1. The number of ether oxygens (including phenoxy) is 2. The molecule has 0 radical (unpaired) electrons. The molecule has 1 amide bonds. The summed E-state index contributed by atoms with van der Waals surface area (Å²) < 4.78 is 10.5. The van der Waals surface area contributed by atoms with Gasteiger partial charge in [-0.15, -0.1) is 0 Å². The van der Waals surface area contributed by atoms with Crippen LogP contribution in [0.3, 0.4) is 0 Å². The highest BCUT2D eigenvalue weighted by atomic mass is 16.6. The highest BCUT2D eigenvalue weighted by Crippen LogP contribution is 2.40. The summed E-state index contributed by atoms with van der Waals surface area (Å²) in [6, 6.07) is 0. The van der Waals surface area contributed by atoms with Gasteiger partial charge in [-0.1, -0.05) is 0 Å². The smallest absolute Gasteiger partial charge is 0.335 e. The molecular formula is C14H22N2O4. The van der Waals surface area contributed by atoms with Crippen molar-refractivity contribution in [1.82, 2.24) is 4.90 Å². The molecule has 0 aromatic rings. The van der Waals surface area contributed by atoms with Crippen molar-refractivity contribution in [2.45, 2.75) is 31.8 Å². The molecule has 6 heteroatoms. The predicted octanol–water partition coefficient (Wildman–Crippen LogP) is 0.216. The van der Waals surface area contributed by atoms with E-state index in [0.29, 0.717) is 24.0 Å². The summed E-state index contributed by atoms with van der Waals surface area (Å²) in [5.41, 5.74) is 5.38. The van der Waals surface area contributed by atoms with Crippen molar-refractivity contribution in [3.8, 4) is 0 Å². The molecule has 2 heterocycles. The number of hydrogen-bond donors (Lipinski definition) is 1. The molecule has 1 spiro atoms. The second kappa shape index (κ2) is 5.93. The number of nitrogens with two attached hydrogens (primary N) is 1. The van der Waals surface area contributed by atoms with Gasteiger partial charge in [0.15, 0.2) is 0 Å². The Kier molecular flexibility index (Phi) is 4.45. The van der Waals surface area contributed by atoms with Gasteiger partial charge in [-0.3, -0.25) is 4.79 Å². The van der Waals surface area contributed by atoms with Gasteiger partial charge >= 0.3 is 5.97 Å². The van der Waals surface area contributed by atoms with Crippen LogP contribution in [0.1, 0.15) is 26.2 Å². The standard InChI is InChI=1S/C14H22N2O4/c1-10-11(12(15)17)14(20-13(10)18)4-7-16(8-5-14)6-3-9-19-2/h3-9H2,1-2H3,(H2,15,17). The van der Waals surface area contributed by atoms with E-state index in [1.165, 1.54) is 0 Å². The zero-order chi connectivity index (χ0) is 14.8. The number of carbonyl (C=O) groups is 2. The van der Waals surface area contributed by atoms with E-state index in [1.807, 2.05) is 0 Å². The number of amides is 1. The van der Waals surface area contributed by atoms with Gasteiger partial charge in [0.25, 0.3) is 0 Å². The summed E-state index contributed by atoms with van der Waals surface area (Å²) in [6.45, 7) is 4.89. The molecule has 20 heavy (non-hydrogen) atoms. The Labute approximate surface area is 118 Å². The number of piperidine rings is 1. The minimum absolute atomic E-state index is 0.366. The Balaban J connectivity index is 2.02. The van der Waals surface area contributed by atoms with E-state index >= 15 is 0 Å². The van der Waals surface area contributed by atoms with Crippen LogP contribution in [0.25, 0.3) is 0 Å². The molecule has 2 aliphatic rings. The number of hydrogen-bond acceptors (Lipinski definition) is 5. The van der Waals surface area contributed by atoms with E-state index < -0.39 is 17.5 Å². The highest BCUT2D eigenvalue weighted by Gasteiger charge is 2.50. The number of carbonyl (C=O) groups excluding carboxylic acids is 2. The number of nitrogens with zero attached hydrogens (tertiary/aromatic N) is 1. The molecule has 0 saturated carbocycles. The molecule has 1 saturated heterocycles. The van der Waals surface area contributed by atoms with E-state index in [1.54, 1.807) is 14.0 Å². The van der Waals surface area contributed by atoms with E-state index in [-0.39, 0.29) is 0 Å². The Morgan fingerprint density at radius 1 is 1.45 bits per heavy atom. The summed E-state index contributed by atoms with van der Waals surface area (Å²) >= 11 is 0. The van der Waals surface area contributed by atoms with Crippen LogP contribution in [0.15, 0.2) is 11.1 Å². The van der Waals surface area contributed by atoms with Crippen LogP contribution in [0, 0.1) is 0 Å². The minimum Gasteiger partial charge on any atom is -0.450 e. The lowest BCUT2D eigenvalue weighted by atomic mass is 9.83. The topological polar surface area (TPSA) is 81.9 Å². The van der Waals surface area contributed by atoms with Crippen LogP contribution in [0.5, 0.6) is 0 Å². The summed E-state index contributed by atoms with van der Waals surface area (Å²) in [5.74, 6) is -0.951. The zero-order valence-corrected chi connectivity index (χ0v) is 12.1. The maximum Gasteiger partial charge on any atom is 0.335 e. The lowest BCUT2D eigenvalue weighted by Crippen LogP contribution is -2.48. The minimum atomic E-state index is -0.787. The van der Waals surface area contributed by atoms with E-state index in [4.69, 9.17) is 15.2 Å². The molecule has 0 bridgehead atoms. The fourth-order valence-electron chi connectivity index (χ4n) is 3.08. The Morgan fingerprint density at radius 2 is 2.10 bits per heavy atom. The number of primary amides is 1. The van der Waals surface area contributed by atoms with Crippen LogP contribution in [0.4, 0.5) is 0 Å². The molecule has 0 atom stereocenters. The maximum absolute atomic E-state index is 11.7. The maximum atomic E-state index is 11.7. The number of esters is 1. The molecular weight excluding hydrogens is 260 g/mol. The number of methoxy groups -OCH3 is 1. The molecule has 0 aromatic carbocycles. The molecule has 2 rings (SSSR count). The molecule has 6 nitrogen and oxygen atoms in total. The Bertz CT molecular complexity index is 436. The average Bonchev–Trinajstić information content (AvgIpc) is 2.64. The second-order valence-corrected chi connectivity index (χ2v) is 5.44. The van der Waals surface area contributed by atoms with Gasteiger partial charge in [-0.05, 0) is 13.3 Å². The van der Waals surface area contributed by atoms with Gasteiger partial charge < -0.3 is 20.1 Å². The molecule has 2 N–H and O–H groups in total. The van der Waals surface area contributed by atoms with Crippen molar-refractivity contribution in [2.75, 3.05) is 33.4 Å². The van der Waals surface area contributed by atoms with Gasteiger partial charge in [-0.2, -0.15) is 0 Å². The van der Waals surface area contributed by atoms with Gasteiger partial charge in [0.1, 0.15) is 5.60 Å². The molecule has 0 aromatic heterocycles. The van der Waals surface area contributed by atoms with Crippen molar-refractivity contribution >= 4 is 11.9 Å². The van der Waals surface area contributed by atoms with Gasteiger partial charge in [0.2, 0.25) is 5.91 Å². The first-order valence-electron chi connectivity index (χ1n) is 6.96. The van der Waals surface area contributed by atoms with Crippen molar-refractivity contribution < 1.29 is 19.1 Å². The zero-order valence-electron chi connectivity index (χ0n) is 12.1. The van der Waals surface area contributed by atoms with Crippen LogP contribution >= 0.6 is 0 Å². The normalized spacial score (nSPS) is 22.4. The van der Waals surface area contributed by atoms with Crippen LogP contribution < -0.4 is 5.73 Å². The lowest BCUT2D eigenvalue weighted by Gasteiger charge is -2.39. The molecule has 1 fully saturated rings. The first kappa shape index (κ1) is 15.0. The fourth-order valence-corrected chi connectivity index (χ4v) is 3.08. The van der Waals surface area contributed by atoms with Gasteiger partial charge in [0, 0.05) is 51.8 Å². The van der Waals surface area contributed by atoms with Crippen LogP contribution in [-0.2, 0) is 19.1 Å². The Hall–Kier alpha value is -1.40. The summed E-state index contributed by atoms with van der Waals surface area (Å²) in [6.07, 6.45) is 2.23. The first-order chi connectivity index (χ1) is 9.50. The van der Waals surface area contributed by atoms with Crippen molar-refractivity contribution in [1.29, 1.82) is 0 Å². The van der Waals surface area contributed by atoms with Gasteiger partial charge in [-0.25, -0.2) is 4.79 Å². The quantitative estimate of drug-likeness (QED) is 0.576. The van der Waals surface area contributed by atoms with Crippen LogP contribution in [0.2, 0.25) is 0 Å². The molecule has 2 aliphatic heterocycles. The summed E-state index contributed by atoms with van der Waals surface area (Å²) in [7, 11) is 1.69. The van der Waals surface area contributed by atoms with E-state index in [9.17, 15) is 9.59 Å². The van der Waals surface area contributed by atoms with Crippen LogP contribution in [-0.4, -0.2) is 55.7 Å². The highest BCUT2D eigenvalue weighted by molar-refractivity contribution is 6.06. The predicted molar refractivity (Wildman–Crippen MR) is 72.9 cm³/mol. The summed E-state index contributed by atoms with van der Waals surface area (Å²) in [5, 5.41) is 0. The first-order valence-corrected chi connectivity index (χ1v) is 6.96. The third-order valence-corrected chi connectivity index (χ3v) is 4.16. The van der Waals surface area contributed by atoms with E-state index in [0.717, 1.165) is 32.7 Å². The van der Waals surface area contributed by atoms with E-state index in [2.05, 4.69) is 4.90 Å². The van der Waals surface area contributed by atoms with Gasteiger partial charge in [0.05, 0.1) is 5.57 Å². The third-order valence-electron chi connectivity index (χ3n) is 4.16. The largest absolute Gasteiger partial charge is 0.450 e. The number of rotatable bonds is 5. The monoisotopic (exact) mass is 282 g/mol. The van der Waals surface area contributed by atoms with Crippen molar-refractivity contribution in [3.63, 3.8) is 0 Å².